The molecule has 0 spiro atoms. The fourth-order valence-electron chi connectivity index (χ4n) is 5.74. The first-order chi connectivity index (χ1) is 18.2. The number of likely N-dealkylation sites (tertiary alicyclic amines) is 2. The Morgan fingerprint density at radius 3 is 2.37 bits per heavy atom. The summed E-state index contributed by atoms with van der Waals surface area (Å²) in [4.78, 5) is 35.7. The third-order valence-corrected chi connectivity index (χ3v) is 7.89. The van der Waals surface area contributed by atoms with E-state index >= 15 is 0 Å². The number of aromatic nitrogens is 3. The lowest BCUT2D eigenvalue weighted by molar-refractivity contribution is 0.0204. The van der Waals surface area contributed by atoms with Crippen LogP contribution < -0.4 is 10.2 Å². The number of ether oxygens (including phenoxy) is 1. The second kappa shape index (κ2) is 11.2. The van der Waals surface area contributed by atoms with Gasteiger partial charge in [0, 0.05) is 69.0 Å². The van der Waals surface area contributed by atoms with Crippen molar-refractivity contribution in [3.8, 4) is 0 Å². The molecule has 206 valence electrons. The second-order valence-corrected chi connectivity index (χ2v) is 11.8. The molecule has 3 amide bonds. The molecule has 5 rings (SSSR count). The molecule has 2 aromatic rings. The van der Waals surface area contributed by atoms with Crippen molar-refractivity contribution in [2.45, 2.75) is 76.4 Å². The molecule has 2 N–H and O–H groups in total. The Morgan fingerprint density at radius 2 is 1.68 bits per heavy atom. The lowest BCUT2D eigenvalue weighted by Crippen LogP contribution is -2.48. The number of piperidine rings is 2. The summed E-state index contributed by atoms with van der Waals surface area (Å²) in [6, 6.07) is 8.33. The zero-order valence-electron chi connectivity index (χ0n) is 22.9. The van der Waals surface area contributed by atoms with Crippen molar-refractivity contribution in [2.75, 3.05) is 44.2 Å². The number of H-pyrrole nitrogens is 1. The molecule has 3 aliphatic rings. The van der Waals surface area contributed by atoms with Gasteiger partial charge in [-0.3, -0.25) is 5.10 Å². The third-order valence-electron chi connectivity index (χ3n) is 7.89. The van der Waals surface area contributed by atoms with E-state index < -0.39 is 5.60 Å². The van der Waals surface area contributed by atoms with E-state index in [1.54, 1.807) is 0 Å². The van der Waals surface area contributed by atoms with E-state index in [1.807, 2.05) is 55.0 Å². The van der Waals surface area contributed by atoms with Gasteiger partial charge < -0.3 is 24.8 Å². The van der Waals surface area contributed by atoms with E-state index in [9.17, 15) is 9.59 Å². The van der Waals surface area contributed by atoms with Crippen LogP contribution in [-0.2, 0) is 4.74 Å². The first-order valence-corrected chi connectivity index (χ1v) is 14.0. The van der Waals surface area contributed by atoms with Crippen molar-refractivity contribution in [1.29, 1.82) is 0 Å². The van der Waals surface area contributed by atoms with Gasteiger partial charge in [-0.1, -0.05) is 6.07 Å². The maximum atomic E-state index is 12.9. The zero-order valence-corrected chi connectivity index (χ0v) is 22.9. The minimum absolute atomic E-state index is 0.0378. The Hall–Kier alpha value is -3.30. The Bertz CT molecular complexity index is 1080. The molecule has 3 fully saturated rings. The van der Waals surface area contributed by atoms with E-state index in [-0.39, 0.29) is 18.2 Å². The van der Waals surface area contributed by atoms with Gasteiger partial charge in [-0.25, -0.2) is 14.6 Å². The molecule has 3 saturated heterocycles. The maximum Gasteiger partial charge on any atom is 0.410 e. The number of amides is 3. The SMILES string of the molecule is CC(C)(C)OC(=O)N1CCC(c2cc(C3CCN(C(=O)NC4CCN(c5ccccn5)C4)CC3)n[nH]2)CC1. The Labute approximate surface area is 225 Å². The van der Waals surface area contributed by atoms with Crippen molar-refractivity contribution < 1.29 is 14.3 Å². The number of rotatable bonds is 4. The van der Waals surface area contributed by atoms with Crippen molar-refractivity contribution in [3.05, 3.63) is 41.9 Å². The minimum Gasteiger partial charge on any atom is -0.444 e. The Kier molecular flexibility index (Phi) is 7.76. The highest BCUT2D eigenvalue weighted by Gasteiger charge is 2.31. The van der Waals surface area contributed by atoms with Gasteiger partial charge in [-0.15, -0.1) is 0 Å². The number of aromatic amines is 1. The average Bonchev–Trinajstić information content (AvgIpc) is 3.59. The summed E-state index contributed by atoms with van der Waals surface area (Å²) in [6.45, 7) is 10.3. The summed E-state index contributed by atoms with van der Waals surface area (Å²) in [6.07, 6.45) is 6.15. The van der Waals surface area contributed by atoms with Crippen LogP contribution in [0, 0.1) is 0 Å². The molecule has 0 bridgehead atoms. The number of carbonyl (C=O) groups is 2. The smallest absolute Gasteiger partial charge is 0.410 e. The van der Waals surface area contributed by atoms with E-state index in [1.165, 1.54) is 0 Å². The van der Waals surface area contributed by atoms with E-state index in [2.05, 4.69) is 31.5 Å². The van der Waals surface area contributed by atoms with Crippen LogP contribution in [0.25, 0.3) is 0 Å². The lowest BCUT2D eigenvalue weighted by Gasteiger charge is -2.33. The van der Waals surface area contributed by atoms with Gasteiger partial charge in [0.1, 0.15) is 11.4 Å². The maximum absolute atomic E-state index is 12.9. The number of carbonyl (C=O) groups excluding carboxylic acids is 2. The van der Waals surface area contributed by atoms with Gasteiger partial charge >= 0.3 is 12.1 Å². The molecular formula is C28H41N7O3. The molecule has 10 heteroatoms. The number of nitrogens with zero attached hydrogens (tertiary/aromatic N) is 5. The third kappa shape index (κ3) is 6.39. The highest BCUT2D eigenvalue weighted by molar-refractivity contribution is 5.75. The summed E-state index contributed by atoms with van der Waals surface area (Å²) in [5.41, 5.74) is 1.78. The van der Waals surface area contributed by atoms with E-state index in [0.29, 0.717) is 24.9 Å². The van der Waals surface area contributed by atoms with E-state index in [0.717, 1.165) is 75.5 Å². The minimum atomic E-state index is -0.472. The van der Waals surface area contributed by atoms with Crippen LogP contribution in [0.1, 0.15) is 76.1 Å². The number of hydrogen-bond acceptors (Lipinski definition) is 6. The quantitative estimate of drug-likeness (QED) is 0.625. The lowest BCUT2D eigenvalue weighted by atomic mass is 9.90. The summed E-state index contributed by atoms with van der Waals surface area (Å²) in [5, 5.41) is 11.1. The standard InChI is InChI=1S/C28H41N7O3/c1-28(2,3)38-27(37)34-15-9-21(10-16-34)24-18-23(31-32-24)20-7-13-33(14-8-20)26(36)30-22-11-17-35(19-22)25-6-4-5-12-29-25/h4-6,12,18,20-22H,7-11,13-17,19H2,1-3H3,(H,30,36)(H,31,32). The highest BCUT2D eigenvalue weighted by atomic mass is 16.6. The molecule has 0 aliphatic carbocycles. The molecule has 2 aromatic heterocycles. The fraction of sp³-hybridized carbons (Fsp3) is 0.643. The van der Waals surface area contributed by atoms with Gasteiger partial charge in [-0.2, -0.15) is 5.10 Å². The fourth-order valence-corrected chi connectivity index (χ4v) is 5.74. The van der Waals surface area contributed by atoms with Gasteiger partial charge in [0.25, 0.3) is 0 Å². The molecule has 3 aliphatic heterocycles. The molecule has 0 radical (unpaired) electrons. The highest BCUT2D eigenvalue weighted by Crippen LogP contribution is 2.32. The Balaban J connectivity index is 1.05. The van der Waals surface area contributed by atoms with Crippen LogP contribution in [0.15, 0.2) is 30.5 Å². The monoisotopic (exact) mass is 523 g/mol. The van der Waals surface area contributed by atoms with Crippen LogP contribution in [0.4, 0.5) is 15.4 Å². The van der Waals surface area contributed by atoms with Crippen molar-refractivity contribution in [2.24, 2.45) is 0 Å². The normalized spacial score (nSPS) is 21.6. The number of pyridine rings is 1. The molecular weight excluding hydrogens is 482 g/mol. The van der Waals surface area contributed by atoms with Gasteiger partial charge in [0.2, 0.25) is 0 Å². The van der Waals surface area contributed by atoms with Crippen molar-refractivity contribution in [1.82, 2.24) is 30.3 Å². The number of anilines is 1. The molecule has 1 unspecified atom stereocenters. The summed E-state index contributed by atoms with van der Waals surface area (Å²) < 4.78 is 5.52. The Morgan fingerprint density at radius 1 is 0.974 bits per heavy atom. The summed E-state index contributed by atoms with van der Waals surface area (Å²) >= 11 is 0. The van der Waals surface area contributed by atoms with Crippen LogP contribution in [0.2, 0.25) is 0 Å². The van der Waals surface area contributed by atoms with E-state index in [4.69, 9.17) is 4.74 Å². The number of hydrogen-bond donors (Lipinski definition) is 2. The second-order valence-electron chi connectivity index (χ2n) is 11.8. The van der Waals surface area contributed by atoms with Crippen LogP contribution in [-0.4, -0.2) is 88.0 Å². The number of nitrogens with one attached hydrogen (secondary N) is 2. The average molecular weight is 524 g/mol. The van der Waals surface area contributed by atoms with Crippen LogP contribution >= 0.6 is 0 Å². The first kappa shape index (κ1) is 26.3. The van der Waals surface area contributed by atoms with Gasteiger partial charge in [0.05, 0.1) is 5.69 Å². The van der Waals surface area contributed by atoms with Crippen LogP contribution in [0.3, 0.4) is 0 Å². The molecule has 5 heterocycles. The number of urea groups is 1. The first-order valence-electron chi connectivity index (χ1n) is 14.0. The van der Waals surface area contributed by atoms with Gasteiger partial charge in [0.15, 0.2) is 0 Å². The molecule has 10 nitrogen and oxygen atoms in total. The summed E-state index contributed by atoms with van der Waals surface area (Å²) in [7, 11) is 0. The largest absolute Gasteiger partial charge is 0.444 e. The molecule has 0 saturated carbocycles. The summed E-state index contributed by atoms with van der Waals surface area (Å²) in [5.74, 6) is 1.70. The van der Waals surface area contributed by atoms with Crippen molar-refractivity contribution in [3.63, 3.8) is 0 Å². The molecule has 1 atom stereocenters. The topological polar surface area (TPSA) is 107 Å². The van der Waals surface area contributed by atoms with Gasteiger partial charge in [-0.05, 0) is 71.1 Å². The molecule has 38 heavy (non-hydrogen) atoms. The van der Waals surface area contributed by atoms with Crippen molar-refractivity contribution >= 4 is 17.9 Å². The predicted molar refractivity (Wildman–Crippen MR) is 145 cm³/mol. The molecule has 0 aromatic carbocycles. The predicted octanol–water partition coefficient (Wildman–Crippen LogP) is 4.09. The van der Waals surface area contributed by atoms with Crippen LogP contribution in [0.5, 0.6) is 0 Å². The zero-order chi connectivity index (χ0) is 26.7.